The van der Waals surface area contributed by atoms with Crippen LogP contribution in [-0.2, 0) is 0 Å². The van der Waals surface area contributed by atoms with Crippen LogP contribution in [0.15, 0.2) is 57.3 Å². The van der Waals surface area contributed by atoms with E-state index in [-0.39, 0.29) is 5.56 Å². The Kier molecular flexibility index (Phi) is 2.92. The number of oxazole rings is 1. The lowest BCUT2D eigenvalue weighted by atomic mass is 10.3. The molecule has 3 aromatic rings. The van der Waals surface area contributed by atoms with Gasteiger partial charge >= 0.3 is 5.97 Å². The van der Waals surface area contributed by atoms with E-state index in [1.807, 2.05) is 24.3 Å². The van der Waals surface area contributed by atoms with Gasteiger partial charge in [-0.1, -0.05) is 12.1 Å². The van der Waals surface area contributed by atoms with Crippen LogP contribution >= 0.6 is 11.8 Å². The smallest absolute Gasteiger partial charge is 0.338 e. The highest BCUT2D eigenvalue weighted by molar-refractivity contribution is 7.99. The van der Waals surface area contributed by atoms with E-state index in [0.717, 1.165) is 17.3 Å². The van der Waals surface area contributed by atoms with E-state index in [1.165, 1.54) is 12.3 Å². The summed E-state index contributed by atoms with van der Waals surface area (Å²) in [6.45, 7) is 0. The van der Waals surface area contributed by atoms with Gasteiger partial charge < -0.3 is 9.52 Å². The van der Waals surface area contributed by atoms with Crippen LogP contribution < -0.4 is 0 Å². The molecular weight excluding hydrogens is 264 g/mol. The summed E-state index contributed by atoms with van der Waals surface area (Å²) in [5.74, 6) is -1.02. The minimum Gasteiger partial charge on any atom is -0.478 e. The van der Waals surface area contributed by atoms with Gasteiger partial charge in [0, 0.05) is 6.20 Å². The molecule has 6 heteroatoms. The van der Waals surface area contributed by atoms with E-state index in [2.05, 4.69) is 9.97 Å². The number of hydrogen-bond acceptors (Lipinski definition) is 5. The third kappa shape index (κ3) is 2.30. The van der Waals surface area contributed by atoms with Crippen LogP contribution in [-0.4, -0.2) is 21.0 Å². The summed E-state index contributed by atoms with van der Waals surface area (Å²) in [6.07, 6.45) is 1.54. The number of fused-ring (bicyclic) bond motifs is 1. The Morgan fingerprint density at radius 1 is 1.21 bits per heavy atom. The van der Waals surface area contributed by atoms with Crippen LogP contribution in [0.5, 0.6) is 0 Å². The Morgan fingerprint density at radius 2 is 2.05 bits per heavy atom. The molecule has 5 nitrogen and oxygen atoms in total. The fourth-order valence-corrected chi connectivity index (χ4v) is 2.43. The summed E-state index contributed by atoms with van der Waals surface area (Å²) in [5.41, 5.74) is 1.53. The van der Waals surface area contributed by atoms with Gasteiger partial charge in [-0.15, -0.1) is 0 Å². The van der Waals surface area contributed by atoms with Crippen LogP contribution in [0.3, 0.4) is 0 Å². The van der Waals surface area contributed by atoms with Gasteiger partial charge in [0.1, 0.15) is 10.5 Å². The van der Waals surface area contributed by atoms with Gasteiger partial charge in [0.15, 0.2) is 5.58 Å². The normalized spacial score (nSPS) is 10.7. The second-order valence-electron chi connectivity index (χ2n) is 3.71. The van der Waals surface area contributed by atoms with Crippen molar-refractivity contribution in [2.75, 3.05) is 0 Å². The molecule has 0 unspecified atom stereocenters. The molecule has 0 aliphatic rings. The van der Waals surface area contributed by atoms with Crippen molar-refractivity contribution in [1.29, 1.82) is 0 Å². The number of hydrogen-bond donors (Lipinski definition) is 1. The maximum atomic E-state index is 11.1. The summed E-state index contributed by atoms with van der Waals surface area (Å²) in [4.78, 5) is 19.4. The maximum Gasteiger partial charge on any atom is 0.338 e. The number of rotatable bonds is 3. The number of nitrogens with zero attached hydrogens (tertiary/aromatic N) is 2. The topological polar surface area (TPSA) is 76.2 Å². The van der Waals surface area contributed by atoms with Crippen molar-refractivity contribution in [2.45, 2.75) is 10.2 Å². The number of aromatic nitrogens is 2. The van der Waals surface area contributed by atoms with Crippen LogP contribution in [0.4, 0.5) is 0 Å². The molecule has 0 spiro atoms. The fourth-order valence-electron chi connectivity index (χ4n) is 1.61. The van der Waals surface area contributed by atoms with Crippen molar-refractivity contribution in [1.82, 2.24) is 9.97 Å². The zero-order chi connectivity index (χ0) is 13.2. The van der Waals surface area contributed by atoms with Crippen LogP contribution in [0.1, 0.15) is 10.4 Å². The zero-order valence-corrected chi connectivity index (χ0v) is 10.4. The number of pyridine rings is 1. The average molecular weight is 272 g/mol. The largest absolute Gasteiger partial charge is 0.478 e. The molecule has 2 aromatic heterocycles. The molecule has 0 aliphatic carbocycles. The molecule has 3 rings (SSSR count). The molecule has 0 fully saturated rings. The number of carboxylic acid groups (broad SMARTS) is 1. The molecule has 0 bridgehead atoms. The molecular formula is C13H8N2O3S. The number of benzene rings is 1. The van der Waals surface area contributed by atoms with Gasteiger partial charge in [-0.3, -0.25) is 0 Å². The summed E-state index contributed by atoms with van der Waals surface area (Å²) < 4.78 is 5.53. The molecule has 0 atom stereocenters. The van der Waals surface area contributed by atoms with Crippen LogP contribution in [0, 0.1) is 0 Å². The van der Waals surface area contributed by atoms with Crippen molar-refractivity contribution < 1.29 is 14.3 Å². The Hall–Kier alpha value is -2.34. The summed E-state index contributed by atoms with van der Waals surface area (Å²) >= 11 is 1.10. The third-order valence-corrected chi connectivity index (χ3v) is 3.33. The Balaban J connectivity index is 1.99. The Labute approximate surface area is 112 Å². The third-order valence-electron chi connectivity index (χ3n) is 2.46. The lowest BCUT2D eigenvalue weighted by molar-refractivity contribution is 0.0692. The molecule has 0 saturated heterocycles. The number of carbonyl (C=O) groups is 1. The first-order valence-corrected chi connectivity index (χ1v) is 6.27. The molecule has 0 aliphatic heterocycles. The van der Waals surface area contributed by atoms with Crippen LogP contribution in [0.2, 0.25) is 0 Å². The Bertz CT molecular complexity index is 721. The van der Waals surface area contributed by atoms with Gasteiger partial charge in [0.05, 0.1) is 5.56 Å². The summed E-state index contributed by atoms with van der Waals surface area (Å²) in [5, 5.41) is 9.82. The second-order valence-corrected chi connectivity index (χ2v) is 4.65. The SMILES string of the molecule is O=C(O)c1cccnc1Sc1nc2ccccc2o1. The standard InChI is InChI=1S/C13H8N2O3S/c16-12(17)8-4-3-7-14-11(8)19-13-15-9-5-1-2-6-10(9)18-13/h1-7H,(H,16,17). The van der Waals surface area contributed by atoms with Crippen molar-refractivity contribution in [3.63, 3.8) is 0 Å². The van der Waals surface area contributed by atoms with Crippen molar-refractivity contribution in [3.8, 4) is 0 Å². The van der Waals surface area contributed by atoms with Crippen molar-refractivity contribution in [2.24, 2.45) is 0 Å². The van der Waals surface area contributed by atoms with Crippen molar-refractivity contribution >= 4 is 28.8 Å². The van der Waals surface area contributed by atoms with Gasteiger partial charge in [-0.2, -0.15) is 0 Å². The van der Waals surface area contributed by atoms with E-state index >= 15 is 0 Å². The molecule has 94 valence electrons. The molecule has 0 amide bonds. The maximum absolute atomic E-state index is 11.1. The highest BCUT2D eigenvalue weighted by Gasteiger charge is 2.15. The van der Waals surface area contributed by atoms with Crippen LogP contribution in [0.25, 0.3) is 11.1 Å². The highest BCUT2D eigenvalue weighted by Crippen LogP contribution is 2.30. The van der Waals surface area contributed by atoms with Crippen molar-refractivity contribution in [3.05, 3.63) is 48.2 Å². The first-order valence-electron chi connectivity index (χ1n) is 5.46. The molecule has 1 N–H and O–H groups in total. The number of para-hydroxylation sites is 2. The average Bonchev–Trinajstić information content (AvgIpc) is 2.81. The summed E-state index contributed by atoms with van der Waals surface area (Å²) in [6, 6.07) is 10.4. The van der Waals surface area contributed by atoms with E-state index in [1.54, 1.807) is 6.07 Å². The monoisotopic (exact) mass is 272 g/mol. The zero-order valence-electron chi connectivity index (χ0n) is 9.61. The van der Waals surface area contributed by atoms with E-state index in [4.69, 9.17) is 9.52 Å². The minimum absolute atomic E-state index is 0.134. The lowest BCUT2D eigenvalue weighted by Gasteiger charge is -2.00. The molecule has 1 aromatic carbocycles. The molecule has 0 saturated carbocycles. The van der Waals surface area contributed by atoms with Gasteiger partial charge in [-0.25, -0.2) is 14.8 Å². The van der Waals surface area contributed by atoms with Gasteiger partial charge in [0.25, 0.3) is 5.22 Å². The van der Waals surface area contributed by atoms with Gasteiger partial charge in [0.2, 0.25) is 0 Å². The second kappa shape index (κ2) is 4.74. The minimum atomic E-state index is -1.02. The molecule has 19 heavy (non-hydrogen) atoms. The predicted octanol–water partition coefficient (Wildman–Crippen LogP) is 3.07. The van der Waals surface area contributed by atoms with E-state index in [9.17, 15) is 4.79 Å². The van der Waals surface area contributed by atoms with Gasteiger partial charge in [-0.05, 0) is 36.0 Å². The predicted molar refractivity (Wildman–Crippen MR) is 69.3 cm³/mol. The quantitative estimate of drug-likeness (QED) is 0.789. The summed E-state index contributed by atoms with van der Waals surface area (Å²) in [7, 11) is 0. The number of carboxylic acids is 1. The van der Waals surface area contributed by atoms with E-state index < -0.39 is 5.97 Å². The molecule has 2 heterocycles. The highest BCUT2D eigenvalue weighted by atomic mass is 32.2. The molecule has 0 radical (unpaired) electrons. The first kappa shape index (κ1) is 11.7. The number of aromatic carboxylic acids is 1. The fraction of sp³-hybridized carbons (Fsp3) is 0. The van der Waals surface area contributed by atoms with E-state index in [0.29, 0.717) is 15.8 Å². The lowest BCUT2D eigenvalue weighted by Crippen LogP contribution is -1.99. The Morgan fingerprint density at radius 3 is 2.84 bits per heavy atom. The first-order chi connectivity index (χ1) is 9.24.